The highest BCUT2D eigenvalue weighted by molar-refractivity contribution is 7.99. The number of amides is 1. The molecule has 0 bridgehead atoms. The van der Waals surface area contributed by atoms with Crippen LogP contribution in [-0.2, 0) is 11.3 Å². The second-order valence-corrected chi connectivity index (χ2v) is 5.84. The van der Waals surface area contributed by atoms with Crippen molar-refractivity contribution in [2.24, 2.45) is 5.92 Å². The van der Waals surface area contributed by atoms with E-state index in [4.69, 9.17) is 0 Å². The molecule has 2 rings (SSSR count). The lowest BCUT2D eigenvalue weighted by Crippen LogP contribution is -2.28. The van der Waals surface area contributed by atoms with E-state index in [-0.39, 0.29) is 5.91 Å². The number of carbonyl (C=O) groups excluding carboxylic acids is 1. The van der Waals surface area contributed by atoms with Crippen LogP contribution in [0.1, 0.15) is 24.8 Å². The lowest BCUT2D eigenvalue weighted by Gasteiger charge is -2.23. The molecule has 1 saturated heterocycles. The van der Waals surface area contributed by atoms with Gasteiger partial charge in [0.1, 0.15) is 0 Å². The zero-order chi connectivity index (χ0) is 12.1. The van der Waals surface area contributed by atoms with E-state index in [1.54, 1.807) is 11.1 Å². The van der Waals surface area contributed by atoms with Crippen LogP contribution in [0.3, 0.4) is 0 Å². The highest BCUT2D eigenvalue weighted by atomic mass is 32.2. The first-order valence-corrected chi connectivity index (χ1v) is 7.20. The summed E-state index contributed by atoms with van der Waals surface area (Å²) in [7, 11) is 1.87. The Bertz CT molecular complexity index is 347. The Morgan fingerprint density at radius 1 is 1.59 bits per heavy atom. The molecule has 1 N–H and O–H groups in total. The molecule has 17 heavy (non-hydrogen) atoms. The second-order valence-electron chi connectivity index (χ2n) is 4.62. The summed E-state index contributed by atoms with van der Waals surface area (Å²) in [6, 6.07) is 0. The van der Waals surface area contributed by atoms with Crippen molar-refractivity contribution in [3.05, 3.63) is 18.0 Å². The number of nitrogens with zero attached hydrogens (tertiary/aromatic N) is 2. The molecule has 1 aliphatic heterocycles. The maximum atomic E-state index is 12.0. The Hall–Kier alpha value is -0.970. The SMILES string of the molecule is CN(Cc1cn[nH]c1)C(=O)CC1CCSCC1. The van der Waals surface area contributed by atoms with Crippen molar-refractivity contribution in [2.75, 3.05) is 18.6 Å². The molecule has 0 spiro atoms. The molecule has 1 amide bonds. The first-order chi connectivity index (χ1) is 8.25. The van der Waals surface area contributed by atoms with Crippen molar-refractivity contribution < 1.29 is 4.79 Å². The van der Waals surface area contributed by atoms with Gasteiger partial charge in [0.15, 0.2) is 0 Å². The standard InChI is InChI=1S/C12H19N3OS/c1-15(9-11-7-13-14-8-11)12(16)6-10-2-4-17-5-3-10/h7-8,10H,2-6,9H2,1H3,(H,13,14). The fourth-order valence-corrected chi connectivity index (χ4v) is 3.28. The molecule has 2 heterocycles. The third-order valence-corrected chi connectivity index (χ3v) is 4.25. The van der Waals surface area contributed by atoms with E-state index in [0.717, 1.165) is 5.56 Å². The van der Waals surface area contributed by atoms with Gasteiger partial charge in [-0.05, 0) is 30.3 Å². The number of carbonyl (C=O) groups is 1. The van der Waals surface area contributed by atoms with Crippen molar-refractivity contribution >= 4 is 17.7 Å². The number of hydrogen-bond donors (Lipinski definition) is 1. The zero-order valence-electron chi connectivity index (χ0n) is 10.2. The fourth-order valence-electron chi connectivity index (χ4n) is 2.08. The topological polar surface area (TPSA) is 49.0 Å². The Balaban J connectivity index is 1.78. The normalized spacial score (nSPS) is 17.0. The molecule has 0 aromatic carbocycles. The molecule has 4 nitrogen and oxygen atoms in total. The van der Waals surface area contributed by atoms with Gasteiger partial charge in [-0.25, -0.2) is 0 Å². The van der Waals surface area contributed by atoms with Crippen molar-refractivity contribution in [2.45, 2.75) is 25.8 Å². The Kier molecular flexibility index (Phi) is 4.48. The van der Waals surface area contributed by atoms with Gasteiger partial charge in [0.05, 0.1) is 6.20 Å². The van der Waals surface area contributed by atoms with Crippen LogP contribution >= 0.6 is 11.8 Å². The molecular formula is C12H19N3OS. The molecule has 0 aliphatic carbocycles. The largest absolute Gasteiger partial charge is 0.341 e. The van der Waals surface area contributed by atoms with Crippen LogP contribution in [0, 0.1) is 5.92 Å². The number of rotatable bonds is 4. The van der Waals surface area contributed by atoms with E-state index in [0.29, 0.717) is 18.9 Å². The maximum absolute atomic E-state index is 12.0. The molecule has 0 radical (unpaired) electrons. The third kappa shape index (κ3) is 3.77. The second kappa shape index (κ2) is 6.10. The summed E-state index contributed by atoms with van der Waals surface area (Å²) in [6.07, 6.45) is 6.68. The van der Waals surface area contributed by atoms with Gasteiger partial charge in [0.2, 0.25) is 5.91 Å². The van der Waals surface area contributed by atoms with Gasteiger partial charge in [-0.3, -0.25) is 9.89 Å². The smallest absolute Gasteiger partial charge is 0.222 e. The van der Waals surface area contributed by atoms with Gasteiger partial charge in [-0.1, -0.05) is 0 Å². The number of aromatic amines is 1. The van der Waals surface area contributed by atoms with Gasteiger partial charge in [-0.15, -0.1) is 0 Å². The van der Waals surface area contributed by atoms with Crippen LogP contribution < -0.4 is 0 Å². The molecule has 5 heteroatoms. The van der Waals surface area contributed by atoms with Crippen molar-refractivity contribution in [3.8, 4) is 0 Å². The summed E-state index contributed by atoms with van der Waals surface area (Å²) in [5.74, 6) is 3.27. The molecule has 0 saturated carbocycles. The van der Waals surface area contributed by atoms with Gasteiger partial charge in [0.25, 0.3) is 0 Å². The number of thioether (sulfide) groups is 1. The van der Waals surface area contributed by atoms with Crippen LogP contribution in [0.15, 0.2) is 12.4 Å². The highest BCUT2D eigenvalue weighted by Crippen LogP contribution is 2.25. The van der Waals surface area contributed by atoms with E-state index in [1.165, 1.54) is 24.3 Å². The van der Waals surface area contributed by atoms with Gasteiger partial charge in [0, 0.05) is 31.8 Å². The highest BCUT2D eigenvalue weighted by Gasteiger charge is 2.19. The summed E-state index contributed by atoms with van der Waals surface area (Å²) in [6.45, 7) is 0.650. The van der Waals surface area contributed by atoms with Gasteiger partial charge < -0.3 is 4.90 Å². The third-order valence-electron chi connectivity index (χ3n) is 3.20. The quantitative estimate of drug-likeness (QED) is 0.891. The first kappa shape index (κ1) is 12.5. The van der Waals surface area contributed by atoms with E-state index in [1.807, 2.05) is 25.0 Å². The Labute approximate surface area is 106 Å². The number of H-pyrrole nitrogens is 1. The van der Waals surface area contributed by atoms with E-state index in [2.05, 4.69) is 10.2 Å². The molecule has 1 fully saturated rings. The van der Waals surface area contributed by atoms with Gasteiger partial charge in [-0.2, -0.15) is 16.9 Å². The zero-order valence-corrected chi connectivity index (χ0v) is 11.0. The molecule has 94 valence electrons. The van der Waals surface area contributed by atoms with E-state index in [9.17, 15) is 4.79 Å². The number of aromatic nitrogens is 2. The number of hydrogen-bond acceptors (Lipinski definition) is 3. The summed E-state index contributed by atoms with van der Waals surface area (Å²) in [5, 5.41) is 6.65. The van der Waals surface area contributed by atoms with Crippen LogP contribution in [0.4, 0.5) is 0 Å². The summed E-state index contributed by atoms with van der Waals surface area (Å²) in [5.41, 5.74) is 1.06. The molecule has 1 aliphatic rings. The molecule has 0 atom stereocenters. The lowest BCUT2D eigenvalue weighted by molar-refractivity contribution is -0.131. The molecular weight excluding hydrogens is 234 g/mol. The minimum atomic E-state index is 0.253. The van der Waals surface area contributed by atoms with Crippen molar-refractivity contribution in [1.82, 2.24) is 15.1 Å². The first-order valence-electron chi connectivity index (χ1n) is 6.05. The average molecular weight is 253 g/mol. The predicted molar refractivity (Wildman–Crippen MR) is 69.7 cm³/mol. The summed E-state index contributed by atoms with van der Waals surface area (Å²) < 4.78 is 0. The lowest BCUT2D eigenvalue weighted by atomic mass is 9.98. The molecule has 1 aromatic heterocycles. The van der Waals surface area contributed by atoms with Gasteiger partial charge >= 0.3 is 0 Å². The summed E-state index contributed by atoms with van der Waals surface area (Å²) >= 11 is 2.00. The maximum Gasteiger partial charge on any atom is 0.222 e. The molecule has 1 aromatic rings. The van der Waals surface area contributed by atoms with Crippen LogP contribution in [0.5, 0.6) is 0 Å². The monoisotopic (exact) mass is 253 g/mol. The Morgan fingerprint density at radius 3 is 3.00 bits per heavy atom. The fraction of sp³-hybridized carbons (Fsp3) is 0.667. The Morgan fingerprint density at radius 2 is 2.35 bits per heavy atom. The van der Waals surface area contributed by atoms with Crippen molar-refractivity contribution in [1.29, 1.82) is 0 Å². The van der Waals surface area contributed by atoms with Crippen LogP contribution in [-0.4, -0.2) is 39.6 Å². The minimum absolute atomic E-state index is 0.253. The van der Waals surface area contributed by atoms with E-state index < -0.39 is 0 Å². The van der Waals surface area contributed by atoms with Crippen LogP contribution in [0.25, 0.3) is 0 Å². The predicted octanol–water partition coefficient (Wildman–Crippen LogP) is 1.90. The van der Waals surface area contributed by atoms with Crippen LogP contribution in [0.2, 0.25) is 0 Å². The summed E-state index contributed by atoms with van der Waals surface area (Å²) in [4.78, 5) is 13.8. The minimum Gasteiger partial charge on any atom is -0.341 e. The van der Waals surface area contributed by atoms with E-state index >= 15 is 0 Å². The molecule has 0 unspecified atom stereocenters. The average Bonchev–Trinajstić information content (AvgIpc) is 2.83. The van der Waals surface area contributed by atoms with Crippen molar-refractivity contribution in [3.63, 3.8) is 0 Å². The number of nitrogens with one attached hydrogen (secondary N) is 1.